The van der Waals surface area contributed by atoms with Gasteiger partial charge in [0.25, 0.3) is 0 Å². The largest absolute Gasteiger partial charge is 0.394 e. The molecule has 4 N–H and O–H groups in total. The molecule has 0 spiro atoms. The summed E-state index contributed by atoms with van der Waals surface area (Å²) < 4.78 is 5.41. The van der Waals surface area contributed by atoms with Gasteiger partial charge < -0.3 is 25.2 Å². The van der Waals surface area contributed by atoms with Gasteiger partial charge in [0.2, 0.25) is 0 Å². The smallest absolute Gasteiger partial charge is 0.113 e. The summed E-state index contributed by atoms with van der Waals surface area (Å²) in [6, 6.07) is 8.92. The van der Waals surface area contributed by atoms with E-state index in [0.717, 1.165) is 0 Å². The van der Waals surface area contributed by atoms with Gasteiger partial charge in [0.15, 0.2) is 0 Å². The first-order chi connectivity index (χ1) is 8.15. The van der Waals surface area contributed by atoms with E-state index in [-0.39, 0.29) is 0 Å². The molecule has 5 heteroatoms. The molecule has 1 unspecified atom stereocenters. The molecule has 1 aromatic carbocycles. The van der Waals surface area contributed by atoms with Crippen molar-refractivity contribution in [1.29, 1.82) is 0 Å². The summed E-state index contributed by atoms with van der Waals surface area (Å²) in [6.07, 6.45) is -5.46. The van der Waals surface area contributed by atoms with Gasteiger partial charge >= 0.3 is 0 Å². The van der Waals surface area contributed by atoms with Crippen LogP contribution in [0.4, 0.5) is 0 Å². The fraction of sp³-hybridized carbons (Fsp3) is 0.500. The van der Waals surface area contributed by atoms with Crippen LogP contribution in [0.2, 0.25) is 0 Å². The summed E-state index contributed by atoms with van der Waals surface area (Å²) in [5, 5.41) is 38.2. The van der Waals surface area contributed by atoms with Crippen LogP contribution in [0.25, 0.3) is 0 Å². The molecule has 1 aliphatic heterocycles. The van der Waals surface area contributed by atoms with Gasteiger partial charge in [0, 0.05) is 0 Å². The molecule has 17 heavy (non-hydrogen) atoms. The van der Waals surface area contributed by atoms with Gasteiger partial charge in [-0.3, -0.25) is 0 Å². The van der Waals surface area contributed by atoms with E-state index in [9.17, 15) is 15.3 Å². The second kappa shape index (κ2) is 5.12. The average Bonchev–Trinajstić information content (AvgIpc) is 2.37. The van der Waals surface area contributed by atoms with Crippen molar-refractivity contribution in [2.75, 3.05) is 6.61 Å². The van der Waals surface area contributed by atoms with Crippen molar-refractivity contribution in [3.8, 4) is 0 Å². The molecule has 0 bridgehead atoms. The summed E-state index contributed by atoms with van der Waals surface area (Å²) >= 11 is 0. The van der Waals surface area contributed by atoms with Crippen molar-refractivity contribution >= 4 is 0 Å². The summed E-state index contributed by atoms with van der Waals surface area (Å²) in [5.74, 6) is 0. The van der Waals surface area contributed by atoms with Gasteiger partial charge in [0.1, 0.15) is 30.5 Å². The monoisotopic (exact) mass is 240 g/mol. The van der Waals surface area contributed by atoms with Crippen LogP contribution in [-0.4, -0.2) is 51.4 Å². The van der Waals surface area contributed by atoms with Crippen molar-refractivity contribution in [3.05, 3.63) is 35.9 Å². The number of hydrogen-bond acceptors (Lipinski definition) is 5. The molecule has 1 fully saturated rings. The van der Waals surface area contributed by atoms with Crippen LogP contribution in [0, 0.1) is 0 Å². The number of benzene rings is 1. The molecule has 1 aromatic rings. The third kappa shape index (κ3) is 2.34. The zero-order valence-electron chi connectivity index (χ0n) is 9.18. The van der Waals surface area contributed by atoms with Gasteiger partial charge in [-0.2, -0.15) is 0 Å². The highest BCUT2D eigenvalue weighted by molar-refractivity contribution is 5.20. The van der Waals surface area contributed by atoms with Gasteiger partial charge in [-0.25, -0.2) is 0 Å². The van der Waals surface area contributed by atoms with Crippen molar-refractivity contribution < 1.29 is 25.2 Å². The Bertz CT molecular complexity index is 353. The van der Waals surface area contributed by atoms with E-state index >= 15 is 0 Å². The lowest BCUT2D eigenvalue weighted by Crippen LogP contribution is -2.55. The Morgan fingerprint density at radius 2 is 1.59 bits per heavy atom. The van der Waals surface area contributed by atoms with Crippen molar-refractivity contribution in [2.45, 2.75) is 30.5 Å². The molecule has 5 nitrogen and oxygen atoms in total. The highest BCUT2D eigenvalue weighted by Gasteiger charge is 2.43. The van der Waals surface area contributed by atoms with Crippen LogP contribution in [0.5, 0.6) is 0 Å². The van der Waals surface area contributed by atoms with E-state index in [4.69, 9.17) is 9.84 Å². The van der Waals surface area contributed by atoms with Crippen LogP contribution >= 0.6 is 0 Å². The molecule has 0 amide bonds. The third-order valence-electron chi connectivity index (χ3n) is 3.02. The topological polar surface area (TPSA) is 90.2 Å². The average molecular weight is 240 g/mol. The molecule has 1 heterocycles. The van der Waals surface area contributed by atoms with Gasteiger partial charge in [-0.1, -0.05) is 30.3 Å². The Balaban J connectivity index is 2.23. The SMILES string of the molecule is OC[C@H]1OC(c2ccccc2)[C@H](O)[C@@H](O)[C@@H]1O. The third-order valence-corrected chi connectivity index (χ3v) is 3.02. The minimum Gasteiger partial charge on any atom is -0.394 e. The van der Waals surface area contributed by atoms with E-state index in [1.54, 1.807) is 24.3 Å². The van der Waals surface area contributed by atoms with E-state index < -0.39 is 37.1 Å². The highest BCUT2D eigenvalue weighted by atomic mass is 16.5. The van der Waals surface area contributed by atoms with Gasteiger partial charge in [-0.15, -0.1) is 0 Å². The standard InChI is InChI=1S/C12H16O5/c13-6-8-9(14)10(15)11(16)12(17-8)7-4-2-1-3-5-7/h1-5,8-16H,6H2/t8-,9-,10+,11-,12?/m1/s1. The first kappa shape index (κ1) is 12.5. The highest BCUT2D eigenvalue weighted by Crippen LogP contribution is 2.31. The fourth-order valence-electron chi connectivity index (χ4n) is 2.02. The molecule has 0 aromatic heterocycles. The summed E-state index contributed by atoms with van der Waals surface area (Å²) in [5.41, 5.74) is 0.699. The van der Waals surface area contributed by atoms with Crippen LogP contribution in [0.1, 0.15) is 11.7 Å². The lowest BCUT2D eigenvalue weighted by atomic mass is 9.91. The zero-order chi connectivity index (χ0) is 12.4. The Labute approximate surface area is 98.9 Å². The summed E-state index contributed by atoms with van der Waals surface area (Å²) in [6.45, 7) is -0.408. The molecule has 94 valence electrons. The predicted molar refractivity (Wildman–Crippen MR) is 59.2 cm³/mol. The number of aliphatic hydroxyl groups excluding tert-OH is 4. The zero-order valence-corrected chi connectivity index (χ0v) is 9.18. The molecule has 0 saturated carbocycles. The maximum atomic E-state index is 9.86. The molecule has 1 saturated heterocycles. The molecule has 1 aliphatic rings. The van der Waals surface area contributed by atoms with Gasteiger partial charge in [-0.05, 0) is 5.56 Å². The first-order valence-electron chi connectivity index (χ1n) is 5.50. The first-order valence-corrected chi connectivity index (χ1v) is 5.50. The molecular formula is C12H16O5. The van der Waals surface area contributed by atoms with E-state index in [1.165, 1.54) is 0 Å². The predicted octanol–water partition coefficient (Wildman–Crippen LogP) is -0.799. The quantitative estimate of drug-likeness (QED) is 0.543. The van der Waals surface area contributed by atoms with Crippen molar-refractivity contribution in [2.24, 2.45) is 0 Å². The lowest BCUT2D eigenvalue weighted by Gasteiger charge is -2.40. The van der Waals surface area contributed by atoms with Crippen LogP contribution in [0.15, 0.2) is 30.3 Å². The number of aliphatic hydroxyl groups is 4. The van der Waals surface area contributed by atoms with E-state index in [1.807, 2.05) is 6.07 Å². The maximum absolute atomic E-state index is 9.86. The molecule has 5 atom stereocenters. The normalized spacial score (nSPS) is 38.0. The maximum Gasteiger partial charge on any atom is 0.113 e. The number of rotatable bonds is 2. The molecule has 0 radical (unpaired) electrons. The van der Waals surface area contributed by atoms with Crippen LogP contribution in [0.3, 0.4) is 0 Å². The Kier molecular flexibility index (Phi) is 3.76. The number of hydrogen-bond donors (Lipinski definition) is 4. The van der Waals surface area contributed by atoms with E-state index in [0.29, 0.717) is 5.56 Å². The summed E-state index contributed by atoms with van der Waals surface area (Å²) in [7, 11) is 0. The molecule has 2 rings (SSSR count). The summed E-state index contributed by atoms with van der Waals surface area (Å²) in [4.78, 5) is 0. The van der Waals surface area contributed by atoms with Crippen LogP contribution < -0.4 is 0 Å². The second-order valence-electron chi connectivity index (χ2n) is 4.16. The Morgan fingerprint density at radius 1 is 0.941 bits per heavy atom. The Morgan fingerprint density at radius 3 is 2.18 bits per heavy atom. The van der Waals surface area contributed by atoms with Crippen molar-refractivity contribution in [3.63, 3.8) is 0 Å². The second-order valence-corrected chi connectivity index (χ2v) is 4.16. The number of ether oxygens (including phenoxy) is 1. The fourth-order valence-corrected chi connectivity index (χ4v) is 2.02. The Hall–Kier alpha value is -0.980. The van der Waals surface area contributed by atoms with Gasteiger partial charge in [0.05, 0.1) is 6.61 Å². The van der Waals surface area contributed by atoms with Crippen LogP contribution in [-0.2, 0) is 4.74 Å². The minimum absolute atomic E-state index is 0.408. The van der Waals surface area contributed by atoms with E-state index in [2.05, 4.69) is 0 Å². The molecule has 0 aliphatic carbocycles. The molecular weight excluding hydrogens is 224 g/mol. The lowest BCUT2D eigenvalue weighted by molar-refractivity contribution is -0.231. The van der Waals surface area contributed by atoms with Crippen molar-refractivity contribution in [1.82, 2.24) is 0 Å². The minimum atomic E-state index is -1.33.